The molecule has 7 heteroatoms. The van der Waals surface area contributed by atoms with Crippen molar-refractivity contribution in [3.63, 3.8) is 0 Å². The fraction of sp³-hybridized carbons (Fsp3) is 0.455. The summed E-state index contributed by atoms with van der Waals surface area (Å²) >= 11 is 1.74. The van der Waals surface area contributed by atoms with E-state index < -0.39 is 0 Å². The zero-order chi connectivity index (χ0) is 11.4. The highest BCUT2D eigenvalue weighted by molar-refractivity contribution is 7.16. The maximum absolute atomic E-state index is 11.3. The largest absolute Gasteiger partial charge is 0.376 e. The van der Waals surface area contributed by atoms with Crippen LogP contribution in [0.2, 0.25) is 0 Å². The summed E-state index contributed by atoms with van der Waals surface area (Å²) in [5.74, 6) is 0.742. The highest BCUT2D eigenvalue weighted by Crippen LogP contribution is 2.41. The smallest absolute Gasteiger partial charge is 0.246 e. The minimum absolute atomic E-state index is 0. The Bertz CT molecular complexity index is 555. The van der Waals surface area contributed by atoms with Crippen LogP contribution < -0.4 is 5.32 Å². The number of nitrogens with one attached hydrogen (secondary N) is 1. The summed E-state index contributed by atoms with van der Waals surface area (Å²) in [5, 5.41) is 3.84. The average Bonchev–Trinajstić information content (AvgIpc) is 2.84. The molecule has 5 nitrogen and oxygen atoms in total. The van der Waals surface area contributed by atoms with Gasteiger partial charge in [-0.2, -0.15) is 0 Å². The van der Waals surface area contributed by atoms with Crippen LogP contribution in [0.25, 0.3) is 0 Å². The first-order chi connectivity index (χ1) is 8.31. The van der Waals surface area contributed by atoms with Gasteiger partial charge in [-0.1, -0.05) is 0 Å². The molecule has 0 unspecified atom stereocenters. The second-order valence-corrected chi connectivity index (χ2v) is 5.51. The molecule has 3 aliphatic heterocycles. The highest BCUT2D eigenvalue weighted by Gasteiger charge is 2.32. The number of thiophene rings is 1. The molecular formula is C11H12ClN3O2S. The molecule has 1 aromatic rings. The Labute approximate surface area is 114 Å². The van der Waals surface area contributed by atoms with Crippen LogP contribution in [0.1, 0.15) is 16.0 Å². The number of carbonyl (C=O) groups is 1. The van der Waals surface area contributed by atoms with Crippen LogP contribution in [0.3, 0.4) is 0 Å². The van der Waals surface area contributed by atoms with E-state index in [1.807, 2.05) is 4.90 Å². The first kappa shape index (κ1) is 12.0. The summed E-state index contributed by atoms with van der Waals surface area (Å²) < 4.78 is 5.51. The minimum atomic E-state index is 0. The van der Waals surface area contributed by atoms with Gasteiger partial charge >= 0.3 is 0 Å². The van der Waals surface area contributed by atoms with Gasteiger partial charge in [-0.05, 0) is 5.56 Å². The summed E-state index contributed by atoms with van der Waals surface area (Å²) in [4.78, 5) is 19.2. The number of rotatable bonds is 0. The van der Waals surface area contributed by atoms with Crippen molar-refractivity contribution in [1.82, 2.24) is 10.2 Å². The third-order valence-electron chi connectivity index (χ3n) is 3.34. The van der Waals surface area contributed by atoms with Crippen molar-refractivity contribution in [3.05, 3.63) is 16.0 Å². The van der Waals surface area contributed by atoms with Gasteiger partial charge in [0.15, 0.2) is 0 Å². The molecule has 4 heterocycles. The molecule has 1 aromatic heterocycles. The van der Waals surface area contributed by atoms with Gasteiger partial charge in [-0.15, -0.1) is 23.7 Å². The van der Waals surface area contributed by atoms with Gasteiger partial charge in [0, 0.05) is 23.4 Å². The third-order valence-corrected chi connectivity index (χ3v) is 4.57. The van der Waals surface area contributed by atoms with E-state index in [0.717, 1.165) is 24.6 Å². The maximum Gasteiger partial charge on any atom is 0.246 e. The van der Waals surface area contributed by atoms with E-state index in [-0.39, 0.29) is 18.3 Å². The SMILES string of the molecule is Cl.O=C1CN2Cc3c(sc4c3COCC4)N=C2N1. The average molecular weight is 286 g/mol. The van der Waals surface area contributed by atoms with Crippen LogP contribution in [0.4, 0.5) is 5.00 Å². The van der Waals surface area contributed by atoms with E-state index in [0.29, 0.717) is 19.1 Å². The Balaban J connectivity index is 0.000001000. The van der Waals surface area contributed by atoms with Crippen molar-refractivity contribution < 1.29 is 9.53 Å². The van der Waals surface area contributed by atoms with E-state index in [9.17, 15) is 4.79 Å². The number of aliphatic imine (C=N–C) groups is 1. The van der Waals surface area contributed by atoms with E-state index in [1.165, 1.54) is 16.0 Å². The fourth-order valence-corrected chi connectivity index (χ4v) is 3.67. The van der Waals surface area contributed by atoms with Crippen LogP contribution in [-0.4, -0.2) is 29.9 Å². The lowest BCUT2D eigenvalue weighted by atomic mass is 10.1. The van der Waals surface area contributed by atoms with Crippen LogP contribution in [-0.2, 0) is 29.1 Å². The van der Waals surface area contributed by atoms with Crippen LogP contribution in [0, 0.1) is 0 Å². The molecule has 1 fully saturated rings. The van der Waals surface area contributed by atoms with E-state index in [4.69, 9.17) is 4.74 Å². The lowest BCUT2D eigenvalue weighted by Crippen LogP contribution is -2.32. The minimum Gasteiger partial charge on any atom is -0.376 e. The van der Waals surface area contributed by atoms with Crippen molar-refractivity contribution >= 4 is 40.6 Å². The number of nitrogens with zero attached hydrogens (tertiary/aromatic N) is 2. The van der Waals surface area contributed by atoms with Crippen LogP contribution in [0.5, 0.6) is 0 Å². The van der Waals surface area contributed by atoms with Gasteiger partial charge in [0.2, 0.25) is 11.9 Å². The molecule has 18 heavy (non-hydrogen) atoms. The summed E-state index contributed by atoms with van der Waals surface area (Å²) in [5.41, 5.74) is 2.56. The molecule has 4 rings (SSSR count). The molecule has 0 atom stereocenters. The van der Waals surface area contributed by atoms with Crippen molar-refractivity contribution in [2.24, 2.45) is 4.99 Å². The Morgan fingerprint density at radius 3 is 3.11 bits per heavy atom. The summed E-state index contributed by atoms with van der Waals surface area (Å²) in [7, 11) is 0. The molecule has 1 amide bonds. The zero-order valence-electron chi connectivity index (χ0n) is 9.56. The van der Waals surface area contributed by atoms with E-state index in [1.54, 1.807) is 11.3 Å². The molecule has 1 N–H and O–H groups in total. The Morgan fingerprint density at radius 1 is 1.33 bits per heavy atom. The standard InChI is InChI=1S/C11H11N3O2S.ClH/c15-9-4-14-3-6-7-5-16-2-1-8(7)17-10(6)13-11(14)12-9;/h1-5H2,(H,12,13,15);1H. The second-order valence-electron chi connectivity index (χ2n) is 4.43. The van der Waals surface area contributed by atoms with Gasteiger partial charge in [-0.3, -0.25) is 10.1 Å². The number of amides is 1. The first-order valence-corrected chi connectivity index (χ1v) is 6.47. The second kappa shape index (κ2) is 4.22. The predicted molar refractivity (Wildman–Crippen MR) is 70.6 cm³/mol. The van der Waals surface area contributed by atoms with Crippen molar-refractivity contribution in [2.45, 2.75) is 19.6 Å². The molecule has 0 aliphatic carbocycles. The summed E-state index contributed by atoms with van der Waals surface area (Å²) in [6.07, 6.45) is 0.990. The van der Waals surface area contributed by atoms with E-state index in [2.05, 4.69) is 10.3 Å². The molecule has 0 bridgehead atoms. The molecular weight excluding hydrogens is 274 g/mol. The normalized spacial score (nSPS) is 20.3. The Kier molecular flexibility index (Phi) is 2.80. The highest BCUT2D eigenvalue weighted by atomic mass is 35.5. The number of hydrogen-bond acceptors (Lipinski definition) is 5. The number of carbonyl (C=O) groups excluding carboxylic acids is 1. The molecule has 1 saturated heterocycles. The van der Waals surface area contributed by atoms with Crippen molar-refractivity contribution in [3.8, 4) is 0 Å². The fourth-order valence-electron chi connectivity index (χ4n) is 2.51. The maximum atomic E-state index is 11.3. The Morgan fingerprint density at radius 2 is 2.22 bits per heavy atom. The molecule has 3 aliphatic rings. The van der Waals surface area contributed by atoms with E-state index >= 15 is 0 Å². The molecule has 0 aromatic carbocycles. The van der Waals surface area contributed by atoms with Crippen molar-refractivity contribution in [1.29, 1.82) is 0 Å². The van der Waals surface area contributed by atoms with Gasteiger partial charge in [0.25, 0.3) is 0 Å². The number of ether oxygens (including phenoxy) is 1. The lowest BCUT2D eigenvalue weighted by Gasteiger charge is -2.22. The molecule has 0 radical (unpaired) electrons. The van der Waals surface area contributed by atoms with Crippen molar-refractivity contribution in [2.75, 3.05) is 13.2 Å². The summed E-state index contributed by atoms with van der Waals surface area (Å²) in [6, 6.07) is 0. The molecule has 0 saturated carbocycles. The number of fused-ring (bicyclic) bond motifs is 4. The van der Waals surface area contributed by atoms with Crippen LogP contribution >= 0.6 is 23.7 Å². The first-order valence-electron chi connectivity index (χ1n) is 5.66. The topological polar surface area (TPSA) is 53.9 Å². The zero-order valence-corrected chi connectivity index (χ0v) is 11.2. The van der Waals surface area contributed by atoms with Gasteiger partial charge < -0.3 is 9.64 Å². The molecule has 96 valence electrons. The predicted octanol–water partition coefficient (Wildman–Crippen LogP) is 1.18. The third kappa shape index (κ3) is 1.64. The monoisotopic (exact) mass is 285 g/mol. The number of halogens is 1. The lowest BCUT2D eigenvalue weighted by molar-refractivity contribution is -0.118. The van der Waals surface area contributed by atoms with Gasteiger partial charge in [-0.25, -0.2) is 4.99 Å². The molecule has 0 spiro atoms. The van der Waals surface area contributed by atoms with Gasteiger partial charge in [0.05, 0.1) is 13.2 Å². The van der Waals surface area contributed by atoms with Crippen LogP contribution in [0.15, 0.2) is 4.99 Å². The van der Waals surface area contributed by atoms with Gasteiger partial charge in [0.1, 0.15) is 11.5 Å². The number of hydrogen-bond donors (Lipinski definition) is 1. The summed E-state index contributed by atoms with van der Waals surface area (Å²) in [6.45, 7) is 2.70. The Hall–Kier alpha value is -1.11. The quantitative estimate of drug-likeness (QED) is 0.779. The number of guanidine groups is 1.